The third-order valence-corrected chi connectivity index (χ3v) is 6.53. The van der Waals surface area contributed by atoms with Gasteiger partial charge >= 0.3 is 0 Å². The molecule has 0 saturated carbocycles. The van der Waals surface area contributed by atoms with Gasteiger partial charge in [-0.05, 0) is 67.1 Å². The second-order valence-electron chi connectivity index (χ2n) is 7.74. The summed E-state index contributed by atoms with van der Waals surface area (Å²) < 4.78 is 5.55. The summed E-state index contributed by atoms with van der Waals surface area (Å²) in [5.74, 6) is 1.65. The zero-order chi connectivity index (χ0) is 18.0. The maximum atomic E-state index is 5.55. The Morgan fingerprint density at radius 1 is 1.12 bits per heavy atom. The van der Waals surface area contributed by atoms with E-state index in [-0.39, 0.29) is 5.41 Å². The summed E-state index contributed by atoms with van der Waals surface area (Å²) in [6.45, 7) is 5.82. The Kier molecular flexibility index (Phi) is 4.86. The normalized spacial score (nSPS) is 26.1. The van der Waals surface area contributed by atoms with Crippen LogP contribution in [0.5, 0.6) is 5.75 Å². The first-order valence-corrected chi connectivity index (χ1v) is 9.86. The van der Waals surface area contributed by atoms with Crippen molar-refractivity contribution in [3.63, 3.8) is 0 Å². The highest BCUT2D eigenvalue weighted by molar-refractivity contribution is 5.68. The molecule has 0 N–H and O–H groups in total. The first kappa shape index (κ1) is 17.4. The van der Waals surface area contributed by atoms with Gasteiger partial charge in [0.1, 0.15) is 5.75 Å². The van der Waals surface area contributed by atoms with Crippen molar-refractivity contribution < 1.29 is 4.74 Å². The summed E-state index contributed by atoms with van der Waals surface area (Å²) in [6.07, 6.45) is 6.02. The van der Waals surface area contributed by atoms with Crippen LogP contribution in [0, 0.1) is 5.92 Å². The number of hydrogen-bond donors (Lipinski definition) is 0. The summed E-state index contributed by atoms with van der Waals surface area (Å²) in [5.41, 5.74) is 4.57. The van der Waals surface area contributed by atoms with E-state index in [2.05, 4.69) is 72.5 Å². The maximum Gasteiger partial charge on any atom is 0.119 e. The van der Waals surface area contributed by atoms with Gasteiger partial charge in [-0.3, -0.25) is 0 Å². The Labute approximate surface area is 157 Å². The molecule has 0 aromatic heterocycles. The molecule has 4 rings (SSSR count). The van der Waals surface area contributed by atoms with Crippen LogP contribution >= 0.6 is 0 Å². The average Bonchev–Trinajstić information content (AvgIpc) is 2.73. The number of piperidine rings is 1. The highest BCUT2D eigenvalue weighted by Gasteiger charge is 2.45. The molecule has 0 unspecified atom stereocenters. The third kappa shape index (κ3) is 3.07. The molecule has 1 heterocycles. The quantitative estimate of drug-likeness (QED) is 0.758. The van der Waals surface area contributed by atoms with E-state index in [1.807, 2.05) is 0 Å². The van der Waals surface area contributed by atoms with Gasteiger partial charge in [-0.25, -0.2) is 0 Å². The van der Waals surface area contributed by atoms with Crippen LogP contribution in [0.1, 0.15) is 37.3 Å². The average molecular weight is 348 g/mol. The minimum Gasteiger partial charge on any atom is -0.497 e. The van der Waals surface area contributed by atoms with Crippen molar-refractivity contribution in [3.05, 3.63) is 71.8 Å². The molecule has 1 fully saturated rings. The highest BCUT2D eigenvalue weighted by Crippen LogP contribution is 2.51. The number of hydrogen-bond acceptors (Lipinski definition) is 2. The van der Waals surface area contributed by atoms with Crippen LogP contribution in [-0.4, -0.2) is 31.6 Å². The van der Waals surface area contributed by atoms with Gasteiger partial charge < -0.3 is 9.64 Å². The Bertz CT molecular complexity index is 782. The molecule has 0 spiro atoms. The van der Waals surface area contributed by atoms with E-state index < -0.39 is 0 Å². The number of rotatable bonds is 4. The monoisotopic (exact) mass is 347 g/mol. The first-order valence-electron chi connectivity index (χ1n) is 9.86. The Balaban J connectivity index is 1.75. The standard InChI is InChI=1S/C24H29NO/c1-3-25-15-14-24(21-10-7-11-23(16-21)26-2)17-20(12-13-22(24)18-25)19-8-5-4-6-9-19/h4-12,16,22H,3,13-15,17-18H2,1-2H3/t22-,24+/m1/s1. The number of likely N-dealkylation sites (tertiary alicyclic amines) is 1. The second kappa shape index (κ2) is 7.28. The van der Waals surface area contributed by atoms with Crippen molar-refractivity contribution in [3.8, 4) is 5.75 Å². The molecule has 136 valence electrons. The van der Waals surface area contributed by atoms with Crippen molar-refractivity contribution in [1.29, 1.82) is 0 Å². The van der Waals surface area contributed by atoms with Crippen LogP contribution in [0.2, 0.25) is 0 Å². The number of methoxy groups -OCH3 is 1. The van der Waals surface area contributed by atoms with Crippen LogP contribution in [0.15, 0.2) is 60.7 Å². The molecule has 0 amide bonds. The number of benzene rings is 2. The number of nitrogens with zero attached hydrogens (tertiary/aromatic N) is 1. The highest BCUT2D eigenvalue weighted by atomic mass is 16.5. The summed E-state index contributed by atoms with van der Waals surface area (Å²) in [4.78, 5) is 2.62. The molecular weight excluding hydrogens is 318 g/mol. The van der Waals surface area contributed by atoms with E-state index in [9.17, 15) is 0 Å². The third-order valence-electron chi connectivity index (χ3n) is 6.53. The lowest BCUT2D eigenvalue weighted by molar-refractivity contribution is 0.0934. The van der Waals surface area contributed by atoms with Gasteiger partial charge in [-0.15, -0.1) is 0 Å². The van der Waals surface area contributed by atoms with Crippen molar-refractivity contribution in [2.45, 2.75) is 31.6 Å². The molecule has 2 aromatic carbocycles. The van der Waals surface area contributed by atoms with E-state index in [4.69, 9.17) is 4.74 Å². The molecule has 26 heavy (non-hydrogen) atoms. The lowest BCUT2D eigenvalue weighted by Gasteiger charge is -2.51. The lowest BCUT2D eigenvalue weighted by Crippen LogP contribution is -2.51. The van der Waals surface area contributed by atoms with Gasteiger partial charge in [-0.2, -0.15) is 0 Å². The van der Waals surface area contributed by atoms with Crippen molar-refractivity contribution >= 4 is 5.57 Å². The molecule has 2 heteroatoms. The predicted molar refractivity (Wildman–Crippen MR) is 109 cm³/mol. The van der Waals surface area contributed by atoms with Gasteiger partial charge in [0, 0.05) is 12.0 Å². The van der Waals surface area contributed by atoms with Crippen LogP contribution in [0.25, 0.3) is 5.57 Å². The molecule has 0 bridgehead atoms. The zero-order valence-electron chi connectivity index (χ0n) is 15.9. The van der Waals surface area contributed by atoms with Gasteiger partial charge in [0.05, 0.1) is 7.11 Å². The Morgan fingerprint density at radius 3 is 2.73 bits per heavy atom. The van der Waals surface area contributed by atoms with E-state index in [0.29, 0.717) is 5.92 Å². The molecule has 2 nitrogen and oxygen atoms in total. The van der Waals surface area contributed by atoms with Crippen molar-refractivity contribution in [1.82, 2.24) is 4.90 Å². The SMILES string of the molecule is CCN1CC[C@@]2(c3cccc(OC)c3)CC(c3ccccc3)=CC[C@@H]2C1. The van der Waals surface area contributed by atoms with Crippen LogP contribution in [0.4, 0.5) is 0 Å². The molecular formula is C24H29NO. The van der Waals surface area contributed by atoms with E-state index in [0.717, 1.165) is 25.1 Å². The summed E-state index contributed by atoms with van der Waals surface area (Å²) in [7, 11) is 1.77. The second-order valence-corrected chi connectivity index (χ2v) is 7.74. The molecule has 1 saturated heterocycles. The molecule has 1 aliphatic carbocycles. The predicted octanol–water partition coefficient (Wildman–Crippen LogP) is 5.15. The zero-order valence-corrected chi connectivity index (χ0v) is 15.9. The van der Waals surface area contributed by atoms with Crippen LogP contribution in [0.3, 0.4) is 0 Å². The summed E-state index contributed by atoms with van der Waals surface area (Å²) >= 11 is 0. The van der Waals surface area contributed by atoms with E-state index >= 15 is 0 Å². The minimum atomic E-state index is 0.222. The number of ether oxygens (including phenoxy) is 1. The molecule has 2 atom stereocenters. The van der Waals surface area contributed by atoms with Crippen LogP contribution < -0.4 is 4.74 Å². The number of allylic oxidation sites excluding steroid dienone is 2. The Morgan fingerprint density at radius 2 is 1.96 bits per heavy atom. The fourth-order valence-electron chi connectivity index (χ4n) is 4.94. The van der Waals surface area contributed by atoms with Crippen molar-refractivity contribution in [2.24, 2.45) is 5.92 Å². The van der Waals surface area contributed by atoms with Gasteiger partial charge in [0.2, 0.25) is 0 Å². The topological polar surface area (TPSA) is 12.5 Å². The molecule has 2 aliphatic rings. The largest absolute Gasteiger partial charge is 0.497 e. The van der Waals surface area contributed by atoms with Gasteiger partial charge in [0.15, 0.2) is 0 Å². The lowest BCUT2D eigenvalue weighted by atomic mass is 9.59. The molecule has 1 aliphatic heterocycles. The summed E-state index contributed by atoms with van der Waals surface area (Å²) in [5, 5.41) is 0. The fraction of sp³-hybridized carbons (Fsp3) is 0.417. The van der Waals surface area contributed by atoms with Gasteiger partial charge in [-0.1, -0.05) is 55.5 Å². The van der Waals surface area contributed by atoms with Crippen molar-refractivity contribution in [2.75, 3.05) is 26.7 Å². The fourth-order valence-corrected chi connectivity index (χ4v) is 4.94. The number of fused-ring (bicyclic) bond motifs is 1. The summed E-state index contributed by atoms with van der Waals surface area (Å²) in [6, 6.07) is 19.8. The Hall–Kier alpha value is -2.06. The molecule has 2 aromatic rings. The van der Waals surface area contributed by atoms with Gasteiger partial charge in [0.25, 0.3) is 0 Å². The first-order chi connectivity index (χ1) is 12.7. The smallest absolute Gasteiger partial charge is 0.119 e. The van der Waals surface area contributed by atoms with Crippen LogP contribution in [-0.2, 0) is 5.41 Å². The van der Waals surface area contributed by atoms with E-state index in [1.54, 1.807) is 7.11 Å². The maximum absolute atomic E-state index is 5.55. The minimum absolute atomic E-state index is 0.222. The van der Waals surface area contributed by atoms with E-state index in [1.165, 1.54) is 36.2 Å². The molecule has 0 radical (unpaired) electrons.